The first-order chi connectivity index (χ1) is 6.32. The van der Waals surface area contributed by atoms with Crippen LogP contribution in [0.25, 0.3) is 0 Å². The molecule has 6 heteroatoms. The molecule has 0 bridgehead atoms. The molecule has 0 saturated carbocycles. The van der Waals surface area contributed by atoms with Crippen molar-refractivity contribution in [3.05, 3.63) is 23.8 Å². The number of aromatic hydroxyl groups is 1. The highest BCUT2D eigenvalue weighted by Crippen LogP contribution is 2.23. The quantitative estimate of drug-likeness (QED) is 0.719. The molecule has 0 atom stereocenters. The molecular formula is C8H9NO4S. The zero-order valence-electron chi connectivity index (χ0n) is 7.39. The molecule has 0 unspecified atom stereocenters. The number of carbonyl (C=O) groups is 1. The smallest absolute Gasteiger partial charge is 0.248 e. The highest BCUT2D eigenvalue weighted by atomic mass is 32.2. The van der Waals surface area contributed by atoms with Gasteiger partial charge in [0.2, 0.25) is 5.91 Å². The lowest BCUT2D eigenvalue weighted by Gasteiger charge is -2.02. The van der Waals surface area contributed by atoms with Gasteiger partial charge in [0.25, 0.3) is 0 Å². The van der Waals surface area contributed by atoms with Crippen LogP contribution in [0.2, 0.25) is 0 Å². The Labute approximate surface area is 81.1 Å². The molecular weight excluding hydrogens is 206 g/mol. The van der Waals surface area contributed by atoms with E-state index in [1.807, 2.05) is 0 Å². The molecule has 0 saturated heterocycles. The van der Waals surface area contributed by atoms with Gasteiger partial charge in [-0.25, -0.2) is 8.42 Å². The minimum absolute atomic E-state index is 0.0647. The van der Waals surface area contributed by atoms with Crippen molar-refractivity contribution >= 4 is 15.7 Å². The van der Waals surface area contributed by atoms with Crippen molar-refractivity contribution in [2.45, 2.75) is 4.90 Å². The summed E-state index contributed by atoms with van der Waals surface area (Å²) < 4.78 is 22.1. The Bertz CT molecular complexity index is 478. The Hall–Kier alpha value is -1.56. The predicted octanol–water partition coefficient (Wildman–Crippen LogP) is -0.105. The normalized spacial score (nSPS) is 11.2. The van der Waals surface area contributed by atoms with Crippen LogP contribution in [0.4, 0.5) is 0 Å². The number of sulfone groups is 1. The lowest BCUT2D eigenvalue weighted by atomic mass is 10.2. The molecule has 1 amide bonds. The van der Waals surface area contributed by atoms with E-state index in [2.05, 4.69) is 0 Å². The van der Waals surface area contributed by atoms with Gasteiger partial charge in [-0.15, -0.1) is 0 Å². The van der Waals surface area contributed by atoms with Crippen molar-refractivity contribution in [2.24, 2.45) is 5.73 Å². The van der Waals surface area contributed by atoms with Gasteiger partial charge in [-0.3, -0.25) is 4.79 Å². The molecule has 0 radical (unpaired) electrons. The fraction of sp³-hybridized carbons (Fsp3) is 0.125. The van der Waals surface area contributed by atoms with Crippen molar-refractivity contribution in [1.29, 1.82) is 0 Å². The van der Waals surface area contributed by atoms with Crippen LogP contribution in [0.3, 0.4) is 0 Å². The zero-order chi connectivity index (χ0) is 10.9. The van der Waals surface area contributed by atoms with Gasteiger partial charge < -0.3 is 10.8 Å². The summed E-state index contributed by atoms with van der Waals surface area (Å²) in [5.74, 6) is -1.19. The van der Waals surface area contributed by atoms with Crippen molar-refractivity contribution < 1.29 is 18.3 Å². The van der Waals surface area contributed by atoms with Gasteiger partial charge in [0.05, 0.1) is 0 Å². The third kappa shape index (κ3) is 2.02. The summed E-state index contributed by atoms with van der Waals surface area (Å²) in [6.45, 7) is 0. The molecule has 0 aliphatic heterocycles. The van der Waals surface area contributed by atoms with E-state index in [-0.39, 0.29) is 10.5 Å². The zero-order valence-corrected chi connectivity index (χ0v) is 8.21. The number of primary amides is 1. The molecule has 0 fully saturated rings. The van der Waals surface area contributed by atoms with E-state index in [9.17, 15) is 18.3 Å². The van der Waals surface area contributed by atoms with Crippen molar-refractivity contribution in [3.63, 3.8) is 0 Å². The van der Waals surface area contributed by atoms with E-state index in [0.29, 0.717) is 0 Å². The lowest BCUT2D eigenvalue weighted by molar-refractivity contribution is 0.0999. The summed E-state index contributed by atoms with van der Waals surface area (Å²) in [4.78, 5) is 10.5. The summed E-state index contributed by atoms with van der Waals surface area (Å²) in [6.07, 6.45) is 0.964. The molecule has 5 nitrogen and oxygen atoms in total. The van der Waals surface area contributed by atoms with Crippen LogP contribution in [0, 0.1) is 0 Å². The maximum Gasteiger partial charge on any atom is 0.248 e. The number of rotatable bonds is 2. The molecule has 1 aromatic carbocycles. The van der Waals surface area contributed by atoms with E-state index in [1.54, 1.807) is 0 Å². The second kappa shape index (κ2) is 3.30. The Morgan fingerprint density at radius 2 is 2.00 bits per heavy atom. The predicted molar refractivity (Wildman–Crippen MR) is 49.7 cm³/mol. The standard InChI is InChI=1S/C8H9NO4S/c1-14(12,13)7-3-2-5(8(9)11)4-6(7)10/h2-4,10H,1H3,(H2,9,11). The van der Waals surface area contributed by atoms with Crippen LogP contribution in [-0.2, 0) is 9.84 Å². The number of benzene rings is 1. The second-order valence-corrected chi connectivity index (χ2v) is 4.80. The monoisotopic (exact) mass is 215 g/mol. The molecule has 76 valence electrons. The summed E-state index contributed by atoms with van der Waals surface area (Å²) >= 11 is 0. The van der Waals surface area contributed by atoms with E-state index in [0.717, 1.165) is 18.4 Å². The average molecular weight is 215 g/mol. The Balaban J connectivity index is 3.35. The lowest BCUT2D eigenvalue weighted by Crippen LogP contribution is -2.11. The first-order valence-electron chi connectivity index (χ1n) is 3.65. The Morgan fingerprint density at radius 1 is 1.43 bits per heavy atom. The molecule has 0 aliphatic carbocycles. The van der Waals surface area contributed by atoms with Gasteiger partial charge in [0.15, 0.2) is 9.84 Å². The Morgan fingerprint density at radius 3 is 2.36 bits per heavy atom. The number of amides is 1. The highest BCUT2D eigenvalue weighted by molar-refractivity contribution is 7.90. The van der Waals surface area contributed by atoms with Crippen LogP contribution < -0.4 is 5.73 Å². The first kappa shape index (κ1) is 10.5. The maximum atomic E-state index is 11.1. The fourth-order valence-corrected chi connectivity index (χ4v) is 1.74. The molecule has 0 aromatic heterocycles. The van der Waals surface area contributed by atoms with Crippen LogP contribution in [0.5, 0.6) is 5.75 Å². The average Bonchev–Trinajstić information content (AvgIpc) is 2.01. The van der Waals surface area contributed by atoms with Gasteiger partial charge in [0.1, 0.15) is 10.6 Å². The summed E-state index contributed by atoms with van der Waals surface area (Å²) in [6, 6.07) is 3.42. The number of hydrogen-bond acceptors (Lipinski definition) is 4. The second-order valence-electron chi connectivity index (χ2n) is 2.82. The van der Waals surface area contributed by atoms with E-state index < -0.39 is 21.5 Å². The van der Waals surface area contributed by atoms with Crippen LogP contribution in [0.15, 0.2) is 23.1 Å². The molecule has 3 N–H and O–H groups in total. The van der Waals surface area contributed by atoms with Gasteiger partial charge >= 0.3 is 0 Å². The third-order valence-electron chi connectivity index (χ3n) is 1.64. The van der Waals surface area contributed by atoms with Gasteiger partial charge in [0, 0.05) is 11.8 Å². The summed E-state index contributed by atoms with van der Waals surface area (Å²) in [5.41, 5.74) is 5.01. The number of phenols is 1. The summed E-state index contributed by atoms with van der Waals surface area (Å²) in [7, 11) is -3.48. The third-order valence-corrected chi connectivity index (χ3v) is 2.79. The van der Waals surface area contributed by atoms with Crippen molar-refractivity contribution in [1.82, 2.24) is 0 Å². The molecule has 1 rings (SSSR count). The van der Waals surface area contributed by atoms with Gasteiger partial charge in [-0.2, -0.15) is 0 Å². The number of carbonyl (C=O) groups excluding carboxylic acids is 1. The largest absolute Gasteiger partial charge is 0.507 e. The summed E-state index contributed by atoms with van der Waals surface area (Å²) in [5, 5.41) is 9.29. The SMILES string of the molecule is CS(=O)(=O)c1ccc(C(N)=O)cc1O. The number of nitrogens with two attached hydrogens (primary N) is 1. The van der Waals surface area contributed by atoms with Crippen LogP contribution >= 0.6 is 0 Å². The number of phenolic OH excluding ortho intramolecular Hbond substituents is 1. The molecule has 0 aliphatic rings. The van der Waals surface area contributed by atoms with Crippen LogP contribution in [0.1, 0.15) is 10.4 Å². The fourth-order valence-electron chi connectivity index (χ4n) is 0.984. The number of hydrogen-bond donors (Lipinski definition) is 2. The maximum absolute atomic E-state index is 11.1. The topological polar surface area (TPSA) is 97.5 Å². The minimum atomic E-state index is -3.48. The van der Waals surface area contributed by atoms with E-state index in [1.165, 1.54) is 6.07 Å². The molecule has 1 aromatic rings. The highest BCUT2D eigenvalue weighted by Gasteiger charge is 2.14. The van der Waals surface area contributed by atoms with E-state index in [4.69, 9.17) is 5.73 Å². The van der Waals surface area contributed by atoms with Gasteiger partial charge in [-0.1, -0.05) is 0 Å². The minimum Gasteiger partial charge on any atom is -0.507 e. The van der Waals surface area contributed by atoms with Gasteiger partial charge in [-0.05, 0) is 18.2 Å². The van der Waals surface area contributed by atoms with E-state index >= 15 is 0 Å². The Kier molecular flexibility index (Phi) is 2.48. The first-order valence-corrected chi connectivity index (χ1v) is 5.54. The van der Waals surface area contributed by atoms with Crippen molar-refractivity contribution in [2.75, 3.05) is 6.26 Å². The van der Waals surface area contributed by atoms with Crippen molar-refractivity contribution in [3.8, 4) is 5.75 Å². The van der Waals surface area contributed by atoms with Crippen LogP contribution in [-0.4, -0.2) is 25.7 Å². The molecule has 0 spiro atoms. The molecule has 0 heterocycles. The molecule has 14 heavy (non-hydrogen) atoms.